The van der Waals surface area contributed by atoms with Crippen molar-refractivity contribution in [3.05, 3.63) is 11.9 Å². The zero-order valence-electron chi connectivity index (χ0n) is 11.4. The van der Waals surface area contributed by atoms with Crippen molar-refractivity contribution >= 4 is 0 Å². The minimum absolute atomic E-state index is 1.14. The molecular weight excluding hydrogens is 196 g/mol. The van der Waals surface area contributed by atoms with Crippen LogP contribution in [0.15, 0.2) is 11.9 Å². The average molecular weight is 226 g/mol. The van der Waals surface area contributed by atoms with E-state index in [2.05, 4.69) is 23.6 Å². The van der Waals surface area contributed by atoms with Crippen molar-refractivity contribution in [2.75, 3.05) is 14.1 Å². The minimum Gasteiger partial charge on any atom is -0.375 e. The largest absolute Gasteiger partial charge is 0.375 e. The van der Waals surface area contributed by atoms with E-state index in [1.807, 2.05) is 14.1 Å². The number of nitrogens with one attached hydrogen (secondary N) is 2. The summed E-state index contributed by atoms with van der Waals surface area (Å²) in [5.74, 6) is 1.14. The monoisotopic (exact) mass is 226 g/mol. The molecule has 96 valence electrons. The molecule has 0 aromatic rings. The number of hydrogen-bond acceptors (Lipinski definition) is 2. The summed E-state index contributed by atoms with van der Waals surface area (Å²) in [4.78, 5) is 0. The van der Waals surface area contributed by atoms with E-state index in [1.54, 1.807) is 0 Å². The zero-order valence-corrected chi connectivity index (χ0v) is 11.4. The van der Waals surface area contributed by atoms with E-state index in [1.165, 1.54) is 57.8 Å². The highest BCUT2D eigenvalue weighted by Crippen LogP contribution is 2.09. The van der Waals surface area contributed by atoms with Crippen LogP contribution in [-0.2, 0) is 0 Å². The van der Waals surface area contributed by atoms with Gasteiger partial charge in [0.15, 0.2) is 0 Å². The third-order valence-electron chi connectivity index (χ3n) is 2.94. The van der Waals surface area contributed by atoms with Gasteiger partial charge in [-0.1, -0.05) is 51.9 Å². The van der Waals surface area contributed by atoms with Crippen LogP contribution in [-0.4, -0.2) is 14.1 Å². The molecule has 0 saturated carbocycles. The molecule has 0 aliphatic carbocycles. The lowest BCUT2D eigenvalue weighted by Gasteiger charge is -2.05. The van der Waals surface area contributed by atoms with Crippen molar-refractivity contribution in [2.45, 2.75) is 64.7 Å². The van der Waals surface area contributed by atoms with E-state index in [-0.39, 0.29) is 0 Å². The summed E-state index contributed by atoms with van der Waals surface area (Å²) < 4.78 is 0. The Bertz CT molecular complexity index is 158. The van der Waals surface area contributed by atoms with E-state index < -0.39 is 0 Å². The average Bonchev–Trinajstić information content (AvgIpc) is 2.32. The Morgan fingerprint density at radius 1 is 0.812 bits per heavy atom. The van der Waals surface area contributed by atoms with Gasteiger partial charge in [-0.2, -0.15) is 0 Å². The number of rotatable bonds is 11. The van der Waals surface area contributed by atoms with Crippen molar-refractivity contribution in [2.24, 2.45) is 0 Å². The molecule has 0 aliphatic heterocycles. The maximum atomic E-state index is 3.13. The molecular formula is C14H30N2. The maximum absolute atomic E-state index is 3.13. The fourth-order valence-electron chi connectivity index (χ4n) is 1.85. The van der Waals surface area contributed by atoms with Crippen LogP contribution < -0.4 is 10.6 Å². The first kappa shape index (κ1) is 15.3. The number of hydrogen-bond donors (Lipinski definition) is 2. The quantitative estimate of drug-likeness (QED) is 0.524. The predicted octanol–water partition coefficient (Wildman–Crippen LogP) is 3.80. The van der Waals surface area contributed by atoms with Crippen LogP contribution in [0.4, 0.5) is 0 Å². The van der Waals surface area contributed by atoms with Gasteiger partial charge in [0.25, 0.3) is 0 Å². The van der Waals surface area contributed by atoms with Crippen molar-refractivity contribution < 1.29 is 0 Å². The van der Waals surface area contributed by atoms with Gasteiger partial charge >= 0.3 is 0 Å². The summed E-state index contributed by atoms with van der Waals surface area (Å²) in [6.07, 6.45) is 14.6. The normalized spacial score (nSPS) is 9.94. The van der Waals surface area contributed by atoms with Crippen molar-refractivity contribution in [1.29, 1.82) is 0 Å². The Labute approximate surface area is 102 Å². The molecule has 0 atom stereocenters. The van der Waals surface area contributed by atoms with Gasteiger partial charge in [0.2, 0.25) is 0 Å². The second-order valence-electron chi connectivity index (χ2n) is 4.38. The van der Waals surface area contributed by atoms with Crippen molar-refractivity contribution in [1.82, 2.24) is 10.6 Å². The Balaban J connectivity index is 3.17. The van der Waals surface area contributed by atoms with Crippen LogP contribution in [0, 0.1) is 0 Å². The molecule has 0 saturated heterocycles. The van der Waals surface area contributed by atoms with Crippen LogP contribution in [0.5, 0.6) is 0 Å². The van der Waals surface area contributed by atoms with E-state index in [0.717, 1.165) is 5.82 Å². The Kier molecular flexibility index (Phi) is 11.9. The van der Waals surface area contributed by atoms with Gasteiger partial charge in [0.05, 0.1) is 5.82 Å². The first-order chi connectivity index (χ1) is 7.85. The Morgan fingerprint density at radius 3 is 1.81 bits per heavy atom. The third-order valence-corrected chi connectivity index (χ3v) is 2.94. The molecule has 2 heteroatoms. The molecule has 0 spiro atoms. The van der Waals surface area contributed by atoms with Gasteiger partial charge in [-0.25, -0.2) is 0 Å². The smallest absolute Gasteiger partial charge is 0.0940 e. The van der Waals surface area contributed by atoms with Gasteiger partial charge in [-0.15, -0.1) is 0 Å². The van der Waals surface area contributed by atoms with Gasteiger partial charge < -0.3 is 10.6 Å². The lowest BCUT2D eigenvalue weighted by molar-refractivity contribution is 0.576. The second-order valence-corrected chi connectivity index (χ2v) is 4.38. The van der Waals surface area contributed by atoms with Gasteiger partial charge in [0.1, 0.15) is 0 Å². The topological polar surface area (TPSA) is 24.1 Å². The summed E-state index contributed by atoms with van der Waals surface area (Å²) in [6, 6.07) is 0. The Hall–Kier alpha value is -0.660. The highest BCUT2D eigenvalue weighted by Gasteiger charge is 1.91. The molecule has 0 amide bonds. The molecule has 0 fully saturated rings. The van der Waals surface area contributed by atoms with Crippen LogP contribution in [0.2, 0.25) is 0 Å². The van der Waals surface area contributed by atoms with Crippen LogP contribution in [0.3, 0.4) is 0 Å². The summed E-state index contributed by atoms with van der Waals surface area (Å²) in [7, 11) is 3.91. The first-order valence-electron chi connectivity index (χ1n) is 6.90. The molecule has 0 aromatic carbocycles. The summed E-state index contributed by atoms with van der Waals surface area (Å²) in [5.41, 5.74) is 0. The summed E-state index contributed by atoms with van der Waals surface area (Å²) >= 11 is 0. The van der Waals surface area contributed by atoms with Gasteiger partial charge in [-0.05, 0) is 18.9 Å². The lowest BCUT2D eigenvalue weighted by Crippen LogP contribution is -2.18. The van der Waals surface area contributed by atoms with Crippen LogP contribution in [0.1, 0.15) is 64.7 Å². The first-order valence-corrected chi connectivity index (χ1v) is 6.90. The zero-order chi connectivity index (χ0) is 12.1. The molecule has 0 radical (unpaired) electrons. The summed E-state index contributed by atoms with van der Waals surface area (Å²) in [6.45, 7) is 2.27. The van der Waals surface area contributed by atoms with E-state index in [9.17, 15) is 0 Å². The summed E-state index contributed by atoms with van der Waals surface area (Å²) in [5, 5.41) is 6.25. The molecule has 0 aliphatic rings. The Morgan fingerprint density at radius 2 is 1.31 bits per heavy atom. The van der Waals surface area contributed by atoms with Gasteiger partial charge in [-0.3, -0.25) is 0 Å². The highest BCUT2D eigenvalue weighted by atomic mass is 15.0. The van der Waals surface area contributed by atoms with Gasteiger partial charge in [0, 0.05) is 14.1 Å². The highest BCUT2D eigenvalue weighted by molar-refractivity contribution is 4.94. The van der Waals surface area contributed by atoms with Crippen molar-refractivity contribution in [3.8, 4) is 0 Å². The minimum atomic E-state index is 1.14. The molecule has 0 heterocycles. The molecule has 2 N–H and O–H groups in total. The van der Waals surface area contributed by atoms with Crippen molar-refractivity contribution in [3.63, 3.8) is 0 Å². The van der Waals surface area contributed by atoms with Crippen LogP contribution in [0.25, 0.3) is 0 Å². The lowest BCUT2D eigenvalue weighted by atomic mass is 10.1. The third kappa shape index (κ3) is 9.88. The van der Waals surface area contributed by atoms with E-state index >= 15 is 0 Å². The maximum Gasteiger partial charge on any atom is 0.0940 e. The van der Waals surface area contributed by atoms with Crippen LogP contribution >= 0.6 is 0 Å². The fourth-order valence-corrected chi connectivity index (χ4v) is 1.85. The molecule has 0 unspecified atom stereocenters. The SMILES string of the molecule is CCCCCCCCCCC=C(NC)NC. The molecule has 0 bridgehead atoms. The van der Waals surface area contributed by atoms with E-state index in [4.69, 9.17) is 0 Å². The number of unbranched alkanes of at least 4 members (excludes halogenated alkanes) is 8. The predicted molar refractivity (Wildman–Crippen MR) is 73.4 cm³/mol. The van der Waals surface area contributed by atoms with E-state index in [0.29, 0.717) is 0 Å². The molecule has 2 nitrogen and oxygen atoms in total. The molecule has 16 heavy (non-hydrogen) atoms. The molecule has 0 aromatic heterocycles. The number of allylic oxidation sites excluding steroid dienone is 1. The standard InChI is InChI=1S/C14H30N2/c1-4-5-6-7-8-9-10-11-12-13-14(15-2)16-3/h13,15-16H,4-12H2,1-3H3. The molecule has 0 rings (SSSR count). The fraction of sp³-hybridized carbons (Fsp3) is 0.857. The second kappa shape index (κ2) is 12.4.